The summed E-state index contributed by atoms with van der Waals surface area (Å²) in [5.41, 5.74) is 1.25. The number of likely N-dealkylation sites (N-methyl/N-ethyl adjacent to an activating group) is 1. The molecule has 0 aliphatic carbocycles. The lowest BCUT2D eigenvalue weighted by Crippen LogP contribution is -2.39. The van der Waals surface area contributed by atoms with E-state index in [-0.39, 0.29) is 17.5 Å². The van der Waals surface area contributed by atoms with Gasteiger partial charge in [-0.05, 0) is 38.1 Å². The Labute approximate surface area is 119 Å². The molecule has 110 valence electrons. The van der Waals surface area contributed by atoms with Crippen molar-refractivity contribution in [1.29, 1.82) is 0 Å². The van der Waals surface area contributed by atoms with Crippen molar-refractivity contribution in [2.45, 2.75) is 32.9 Å². The van der Waals surface area contributed by atoms with Gasteiger partial charge in [-0.3, -0.25) is 9.69 Å². The molecule has 0 fully saturated rings. The van der Waals surface area contributed by atoms with Crippen LogP contribution in [0.4, 0.5) is 0 Å². The summed E-state index contributed by atoms with van der Waals surface area (Å²) < 4.78 is 0. The molecule has 0 aromatic heterocycles. The predicted molar refractivity (Wildman–Crippen MR) is 77.6 cm³/mol. The number of carboxylic acids is 1. The van der Waals surface area contributed by atoms with E-state index in [2.05, 4.69) is 5.32 Å². The molecule has 5 nitrogen and oxygen atoms in total. The zero-order valence-corrected chi connectivity index (χ0v) is 12.2. The van der Waals surface area contributed by atoms with E-state index in [1.165, 1.54) is 0 Å². The zero-order chi connectivity index (χ0) is 15.1. The maximum Gasteiger partial charge on any atom is 0.335 e. The van der Waals surface area contributed by atoms with E-state index in [1.807, 2.05) is 25.8 Å². The van der Waals surface area contributed by atoms with Crippen LogP contribution in [-0.2, 0) is 11.3 Å². The minimum absolute atomic E-state index is 0.00371. The molecule has 0 saturated carbocycles. The van der Waals surface area contributed by atoms with Crippen molar-refractivity contribution in [3.05, 3.63) is 35.4 Å². The number of carbonyl (C=O) groups is 2. The highest BCUT2D eigenvalue weighted by Gasteiger charge is 2.09. The Morgan fingerprint density at radius 1 is 1.30 bits per heavy atom. The second-order valence-electron chi connectivity index (χ2n) is 5.05. The van der Waals surface area contributed by atoms with Crippen molar-refractivity contribution in [2.24, 2.45) is 0 Å². The van der Waals surface area contributed by atoms with E-state index in [4.69, 9.17) is 5.11 Å². The Hall–Kier alpha value is -1.88. The average molecular weight is 278 g/mol. The Bertz CT molecular complexity index is 457. The Morgan fingerprint density at radius 2 is 1.90 bits per heavy atom. The van der Waals surface area contributed by atoms with Gasteiger partial charge in [-0.2, -0.15) is 0 Å². The summed E-state index contributed by atoms with van der Waals surface area (Å²) in [5.74, 6) is -0.929. The van der Waals surface area contributed by atoms with Crippen LogP contribution in [0.15, 0.2) is 24.3 Å². The van der Waals surface area contributed by atoms with E-state index in [0.717, 1.165) is 12.0 Å². The lowest BCUT2D eigenvalue weighted by Gasteiger charge is -2.18. The van der Waals surface area contributed by atoms with Gasteiger partial charge in [-0.15, -0.1) is 0 Å². The molecule has 20 heavy (non-hydrogen) atoms. The zero-order valence-electron chi connectivity index (χ0n) is 12.2. The first-order valence-corrected chi connectivity index (χ1v) is 6.72. The SMILES string of the molecule is CCC(C)NC(=O)CN(C)Cc1ccc(C(=O)O)cc1. The minimum Gasteiger partial charge on any atom is -0.478 e. The van der Waals surface area contributed by atoms with Crippen molar-refractivity contribution < 1.29 is 14.7 Å². The predicted octanol–water partition coefficient (Wildman–Crippen LogP) is 1.73. The molecular formula is C15H22N2O3. The van der Waals surface area contributed by atoms with Gasteiger partial charge < -0.3 is 10.4 Å². The van der Waals surface area contributed by atoms with Crippen molar-refractivity contribution in [3.8, 4) is 0 Å². The lowest BCUT2D eigenvalue weighted by atomic mass is 10.1. The molecule has 0 spiro atoms. The normalized spacial score (nSPS) is 12.2. The number of nitrogens with one attached hydrogen (secondary N) is 1. The largest absolute Gasteiger partial charge is 0.478 e. The second kappa shape index (κ2) is 7.65. The van der Waals surface area contributed by atoms with Crippen LogP contribution >= 0.6 is 0 Å². The summed E-state index contributed by atoms with van der Waals surface area (Å²) in [6.45, 7) is 4.93. The third-order valence-electron chi connectivity index (χ3n) is 3.09. The van der Waals surface area contributed by atoms with Crippen LogP contribution in [0.2, 0.25) is 0 Å². The van der Waals surface area contributed by atoms with Gasteiger partial charge in [0.15, 0.2) is 0 Å². The molecule has 1 unspecified atom stereocenters. The maximum atomic E-state index is 11.7. The number of benzene rings is 1. The number of hydrogen-bond acceptors (Lipinski definition) is 3. The maximum absolute atomic E-state index is 11.7. The molecule has 0 heterocycles. The van der Waals surface area contributed by atoms with Gasteiger partial charge >= 0.3 is 5.97 Å². The van der Waals surface area contributed by atoms with E-state index in [0.29, 0.717) is 13.1 Å². The minimum atomic E-state index is -0.933. The van der Waals surface area contributed by atoms with E-state index in [1.54, 1.807) is 24.3 Å². The highest BCUT2D eigenvalue weighted by Crippen LogP contribution is 2.06. The van der Waals surface area contributed by atoms with Crippen LogP contribution < -0.4 is 5.32 Å². The Kier molecular flexibility index (Phi) is 6.18. The molecule has 0 aliphatic rings. The van der Waals surface area contributed by atoms with Gasteiger partial charge in [0.05, 0.1) is 12.1 Å². The van der Waals surface area contributed by atoms with Crippen LogP contribution in [-0.4, -0.2) is 41.5 Å². The quantitative estimate of drug-likeness (QED) is 0.797. The summed E-state index contributed by atoms with van der Waals surface area (Å²) in [5, 5.41) is 11.7. The average Bonchev–Trinajstić information content (AvgIpc) is 2.38. The number of carboxylic acid groups (broad SMARTS) is 1. The number of amides is 1. The topological polar surface area (TPSA) is 69.6 Å². The first kappa shape index (κ1) is 16.2. The second-order valence-corrected chi connectivity index (χ2v) is 5.05. The third-order valence-corrected chi connectivity index (χ3v) is 3.09. The van der Waals surface area contributed by atoms with Gasteiger partial charge in [-0.25, -0.2) is 4.79 Å². The molecule has 1 rings (SSSR count). The van der Waals surface area contributed by atoms with Crippen LogP contribution in [0.3, 0.4) is 0 Å². The van der Waals surface area contributed by atoms with E-state index >= 15 is 0 Å². The molecule has 1 aromatic carbocycles. The molecule has 2 N–H and O–H groups in total. The smallest absolute Gasteiger partial charge is 0.335 e. The molecule has 0 aliphatic heterocycles. The molecule has 5 heteroatoms. The summed E-state index contributed by atoms with van der Waals surface area (Å²) >= 11 is 0. The summed E-state index contributed by atoms with van der Waals surface area (Å²) in [6.07, 6.45) is 0.909. The van der Waals surface area contributed by atoms with E-state index < -0.39 is 5.97 Å². The standard InChI is InChI=1S/C15H22N2O3/c1-4-11(2)16-14(18)10-17(3)9-12-5-7-13(8-6-12)15(19)20/h5-8,11H,4,9-10H2,1-3H3,(H,16,18)(H,19,20). The van der Waals surface area contributed by atoms with Crippen LogP contribution in [0.5, 0.6) is 0 Å². The number of aromatic carboxylic acids is 1. The van der Waals surface area contributed by atoms with Crippen molar-refractivity contribution >= 4 is 11.9 Å². The fourth-order valence-electron chi connectivity index (χ4n) is 1.79. The van der Waals surface area contributed by atoms with Crippen LogP contribution in [0, 0.1) is 0 Å². The first-order valence-electron chi connectivity index (χ1n) is 6.72. The highest BCUT2D eigenvalue weighted by molar-refractivity contribution is 5.87. The Balaban J connectivity index is 2.47. The molecular weight excluding hydrogens is 256 g/mol. The molecule has 0 saturated heterocycles. The van der Waals surface area contributed by atoms with Gasteiger partial charge in [0.1, 0.15) is 0 Å². The molecule has 0 bridgehead atoms. The molecule has 0 radical (unpaired) electrons. The number of hydrogen-bond donors (Lipinski definition) is 2. The highest BCUT2D eigenvalue weighted by atomic mass is 16.4. The van der Waals surface area contributed by atoms with Crippen LogP contribution in [0.1, 0.15) is 36.2 Å². The van der Waals surface area contributed by atoms with Crippen LogP contribution in [0.25, 0.3) is 0 Å². The van der Waals surface area contributed by atoms with Gasteiger partial charge in [0.2, 0.25) is 5.91 Å². The number of rotatable bonds is 7. The molecule has 1 amide bonds. The monoisotopic (exact) mass is 278 g/mol. The molecule has 1 atom stereocenters. The molecule has 1 aromatic rings. The Morgan fingerprint density at radius 3 is 2.40 bits per heavy atom. The fourth-order valence-corrected chi connectivity index (χ4v) is 1.79. The van der Waals surface area contributed by atoms with E-state index in [9.17, 15) is 9.59 Å². The van der Waals surface area contributed by atoms with Crippen molar-refractivity contribution in [2.75, 3.05) is 13.6 Å². The first-order chi connectivity index (χ1) is 9.42. The van der Waals surface area contributed by atoms with Crippen molar-refractivity contribution in [3.63, 3.8) is 0 Å². The van der Waals surface area contributed by atoms with Crippen molar-refractivity contribution in [1.82, 2.24) is 10.2 Å². The summed E-state index contributed by atoms with van der Waals surface area (Å²) in [6, 6.07) is 6.87. The summed E-state index contributed by atoms with van der Waals surface area (Å²) in [4.78, 5) is 24.4. The van der Waals surface area contributed by atoms with Gasteiger partial charge in [0, 0.05) is 12.6 Å². The fraction of sp³-hybridized carbons (Fsp3) is 0.467. The third kappa shape index (κ3) is 5.40. The lowest BCUT2D eigenvalue weighted by molar-refractivity contribution is -0.122. The van der Waals surface area contributed by atoms with Gasteiger partial charge in [-0.1, -0.05) is 19.1 Å². The number of nitrogens with zero attached hydrogens (tertiary/aromatic N) is 1. The van der Waals surface area contributed by atoms with Gasteiger partial charge in [0.25, 0.3) is 0 Å². The number of carbonyl (C=O) groups excluding carboxylic acids is 1. The summed E-state index contributed by atoms with van der Waals surface area (Å²) in [7, 11) is 1.86.